The number of fused-ring (bicyclic) bond motifs is 1. The highest BCUT2D eigenvalue weighted by molar-refractivity contribution is 6.36. The molecule has 0 aliphatic carbocycles. The predicted molar refractivity (Wildman–Crippen MR) is 90.3 cm³/mol. The number of nitrogens with zero attached hydrogens (tertiary/aromatic N) is 1. The van der Waals surface area contributed by atoms with E-state index in [-0.39, 0.29) is 6.42 Å². The number of carboxylic acid groups (broad SMARTS) is 1. The minimum Gasteiger partial charge on any atom is -0.481 e. The fourth-order valence-corrected chi connectivity index (χ4v) is 3.05. The summed E-state index contributed by atoms with van der Waals surface area (Å²) in [6.45, 7) is 1.66. The smallest absolute Gasteiger partial charge is 0.305 e. The number of hydrogen-bond acceptors (Lipinski definition) is 3. The van der Waals surface area contributed by atoms with Crippen molar-refractivity contribution in [1.29, 1.82) is 0 Å². The van der Waals surface area contributed by atoms with Crippen molar-refractivity contribution in [2.75, 3.05) is 0 Å². The van der Waals surface area contributed by atoms with E-state index < -0.39 is 11.5 Å². The maximum Gasteiger partial charge on any atom is 0.305 e. The molecule has 2 aromatic carbocycles. The van der Waals surface area contributed by atoms with Gasteiger partial charge in [-0.2, -0.15) is 0 Å². The van der Waals surface area contributed by atoms with E-state index in [0.29, 0.717) is 27.4 Å². The zero-order valence-electron chi connectivity index (χ0n) is 12.5. The molecule has 0 aliphatic rings. The SMILES string of the molecule is C[C@](N)(CC(=O)O)c1ccc2nc(-c3ccccc3)[nH]c2c1Cl. The summed E-state index contributed by atoms with van der Waals surface area (Å²) in [5, 5.41) is 9.43. The molecule has 118 valence electrons. The van der Waals surface area contributed by atoms with Crippen molar-refractivity contribution in [2.24, 2.45) is 5.73 Å². The van der Waals surface area contributed by atoms with Crippen LogP contribution in [0, 0.1) is 0 Å². The van der Waals surface area contributed by atoms with Crippen molar-refractivity contribution in [2.45, 2.75) is 18.9 Å². The van der Waals surface area contributed by atoms with Crippen LogP contribution in [0.2, 0.25) is 5.02 Å². The maximum atomic E-state index is 11.0. The first kappa shape index (κ1) is 15.5. The molecule has 3 rings (SSSR count). The van der Waals surface area contributed by atoms with Gasteiger partial charge in [0.25, 0.3) is 0 Å². The van der Waals surface area contributed by atoms with E-state index in [9.17, 15) is 4.79 Å². The van der Waals surface area contributed by atoms with Crippen LogP contribution in [0.4, 0.5) is 0 Å². The van der Waals surface area contributed by atoms with Gasteiger partial charge in [-0.25, -0.2) is 4.98 Å². The summed E-state index contributed by atoms with van der Waals surface area (Å²) < 4.78 is 0. The molecule has 1 aromatic heterocycles. The summed E-state index contributed by atoms with van der Waals surface area (Å²) in [6.07, 6.45) is -0.210. The lowest BCUT2D eigenvalue weighted by atomic mass is 9.89. The van der Waals surface area contributed by atoms with E-state index in [2.05, 4.69) is 9.97 Å². The molecule has 0 spiro atoms. The molecule has 0 aliphatic heterocycles. The standard InChI is InChI=1S/C17H16ClN3O2/c1-17(19,9-13(22)23)11-7-8-12-15(14(11)18)21-16(20-12)10-5-3-2-4-6-10/h2-8H,9,19H2,1H3,(H,20,21)(H,22,23)/t17-/m0/s1. The Morgan fingerprint density at radius 3 is 2.65 bits per heavy atom. The number of halogens is 1. The highest BCUT2D eigenvalue weighted by Crippen LogP contribution is 2.34. The number of nitrogens with one attached hydrogen (secondary N) is 1. The van der Waals surface area contributed by atoms with Gasteiger partial charge in [0.15, 0.2) is 0 Å². The molecule has 5 nitrogen and oxygen atoms in total. The molecular weight excluding hydrogens is 314 g/mol. The Morgan fingerprint density at radius 2 is 2.00 bits per heavy atom. The van der Waals surface area contributed by atoms with Crippen molar-refractivity contribution >= 4 is 28.6 Å². The lowest BCUT2D eigenvalue weighted by Gasteiger charge is -2.24. The normalized spacial score (nSPS) is 13.9. The molecule has 0 amide bonds. The number of aliphatic carboxylic acids is 1. The number of rotatable bonds is 4. The first-order chi connectivity index (χ1) is 10.9. The van der Waals surface area contributed by atoms with Gasteiger partial charge in [-0.15, -0.1) is 0 Å². The molecule has 0 saturated heterocycles. The monoisotopic (exact) mass is 329 g/mol. The van der Waals surface area contributed by atoms with Gasteiger partial charge in [0, 0.05) is 5.56 Å². The Morgan fingerprint density at radius 1 is 1.30 bits per heavy atom. The number of aromatic amines is 1. The Kier molecular flexibility index (Phi) is 3.83. The first-order valence-electron chi connectivity index (χ1n) is 7.13. The van der Waals surface area contributed by atoms with Crippen molar-refractivity contribution in [3.05, 3.63) is 53.1 Å². The molecule has 4 N–H and O–H groups in total. The number of benzene rings is 2. The van der Waals surface area contributed by atoms with Crippen LogP contribution in [0.3, 0.4) is 0 Å². The first-order valence-corrected chi connectivity index (χ1v) is 7.51. The third-order valence-electron chi connectivity index (χ3n) is 3.78. The Bertz CT molecular complexity index is 872. The highest BCUT2D eigenvalue weighted by atomic mass is 35.5. The van der Waals surface area contributed by atoms with Crippen LogP contribution in [0.15, 0.2) is 42.5 Å². The van der Waals surface area contributed by atoms with Crippen LogP contribution < -0.4 is 5.73 Å². The van der Waals surface area contributed by atoms with E-state index in [1.807, 2.05) is 30.3 Å². The van der Waals surface area contributed by atoms with Crippen LogP contribution in [0.1, 0.15) is 18.9 Å². The number of nitrogens with two attached hydrogens (primary N) is 1. The number of carbonyl (C=O) groups is 1. The topological polar surface area (TPSA) is 92.0 Å². The molecule has 1 atom stereocenters. The van der Waals surface area contributed by atoms with Gasteiger partial charge in [0.2, 0.25) is 0 Å². The molecule has 0 fully saturated rings. The minimum absolute atomic E-state index is 0.210. The fraction of sp³-hybridized carbons (Fsp3) is 0.176. The molecule has 0 radical (unpaired) electrons. The zero-order chi connectivity index (χ0) is 16.6. The number of H-pyrrole nitrogens is 1. The number of aromatic nitrogens is 2. The van der Waals surface area contributed by atoms with Crippen LogP contribution in [-0.4, -0.2) is 21.0 Å². The molecule has 3 aromatic rings. The average Bonchev–Trinajstić information content (AvgIpc) is 2.92. The Labute approximate surface area is 138 Å². The second-order valence-corrected chi connectivity index (χ2v) is 6.14. The van der Waals surface area contributed by atoms with E-state index in [4.69, 9.17) is 22.4 Å². The summed E-state index contributed by atoms with van der Waals surface area (Å²) in [4.78, 5) is 18.7. The van der Waals surface area contributed by atoms with Crippen molar-refractivity contribution in [3.8, 4) is 11.4 Å². The van der Waals surface area contributed by atoms with Gasteiger partial charge in [0.1, 0.15) is 5.82 Å². The summed E-state index contributed by atoms with van der Waals surface area (Å²) in [5.41, 5.74) is 7.99. The summed E-state index contributed by atoms with van der Waals surface area (Å²) in [5.74, 6) is -0.266. The Balaban J connectivity index is 2.11. The van der Waals surface area contributed by atoms with Crippen LogP contribution >= 0.6 is 11.6 Å². The molecule has 0 bridgehead atoms. The van der Waals surface area contributed by atoms with Crippen molar-refractivity contribution < 1.29 is 9.90 Å². The minimum atomic E-state index is -1.06. The van der Waals surface area contributed by atoms with Gasteiger partial charge < -0.3 is 15.8 Å². The van der Waals surface area contributed by atoms with Crippen LogP contribution in [-0.2, 0) is 10.3 Å². The summed E-state index contributed by atoms with van der Waals surface area (Å²) in [6, 6.07) is 13.2. The van der Waals surface area contributed by atoms with Gasteiger partial charge >= 0.3 is 5.97 Å². The second kappa shape index (κ2) is 5.68. The maximum absolute atomic E-state index is 11.0. The van der Waals surface area contributed by atoms with Gasteiger partial charge in [0.05, 0.1) is 28.0 Å². The van der Waals surface area contributed by atoms with Crippen LogP contribution in [0.5, 0.6) is 0 Å². The molecule has 23 heavy (non-hydrogen) atoms. The predicted octanol–water partition coefficient (Wildman–Crippen LogP) is 3.53. The molecule has 0 unspecified atom stereocenters. The average molecular weight is 330 g/mol. The van der Waals surface area contributed by atoms with Crippen molar-refractivity contribution in [1.82, 2.24) is 9.97 Å². The van der Waals surface area contributed by atoms with Gasteiger partial charge in [-0.1, -0.05) is 48.0 Å². The zero-order valence-corrected chi connectivity index (χ0v) is 13.3. The second-order valence-electron chi connectivity index (χ2n) is 5.76. The highest BCUT2D eigenvalue weighted by Gasteiger charge is 2.28. The van der Waals surface area contributed by atoms with Crippen LogP contribution in [0.25, 0.3) is 22.4 Å². The number of hydrogen-bond donors (Lipinski definition) is 3. The molecule has 6 heteroatoms. The third-order valence-corrected chi connectivity index (χ3v) is 4.17. The van der Waals surface area contributed by atoms with Crippen molar-refractivity contribution in [3.63, 3.8) is 0 Å². The Hall–Kier alpha value is -2.37. The summed E-state index contributed by atoms with van der Waals surface area (Å²) in [7, 11) is 0. The van der Waals surface area contributed by atoms with E-state index in [1.165, 1.54) is 0 Å². The lowest BCUT2D eigenvalue weighted by Crippen LogP contribution is -2.35. The fourth-order valence-electron chi connectivity index (χ4n) is 2.63. The van der Waals surface area contributed by atoms with Gasteiger partial charge in [-0.3, -0.25) is 4.79 Å². The number of carboxylic acids is 1. The third kappa shape index (κ3) is 2.93. The van der Waals surface area contributed by atoms with E-state index >= 15 is 0 Å². The molecule has 0 saturated carbocycles. The lowest BCUT2D eigenvalue weighted by molar-refractivity contribution is -0.138. The largest absolute Gasteiger partial charge is 0.481 e. The van der Waals surface area contributed by atoms with Gasteiger partial charge in [-0.05, 0) is 18.6 Å². The summed E-state index contributed by atoms with van der Waals surface area (Å²) >= 11 is 6.47. The number of imidazole rings is 1. The quantitative estimate of drug-likeness (QED) is 0.682. The molecule has 1 heterocycles. The van der Waals surface area contributed by atoms with E-state index in [1.54, 1.807) is 19.1 Å². The molecular formula is C17H16ClN3O2. The van der Waals surface area contributed by atoms with E-state index in [0.717, 1.165) is 5.56 Å².